The minimum Gasteiger partial charge on any atom is -0.355 e. The van der Waals surface area contributed by atoms with Crippen LogP contribution in [0.2, 0.25) is 0 Å². The Morgan fingerprint density at radius 1 is 1.29 bits per heavy atom. The van der Waals surface area contributed by atoms with Crippen LogP contribution in [0.25, 0.3) is 6.08 Å². The molecule has 0 unspecified atom stereocenters. The lowest BCUT2D eigenvalue weighted by Gasteiger charge is -2.03. The summed E-state index contributed by atoms with van der Waals surface area (Å²) in [4.78, 5) is 22.6. The summed E-state index contributed by atoms with van der Waals surface area (Å²) in [5.41, 5.74) is 2.12. The van der Waals surface area contributed by atoms with Gasteiger partial charge in [-0.15, -0.1) is 0 Å². The zero-order valence-electron chi connectivity index (χ0n) is 12.1. The van der Waals surface area contributed by atoms with Crippen molar-refractivity contribution in [1.82, 2.24) is 10.6 Å². The zero-order chi connectivity index (χ0) is 15.5. The summed E-state index contributed by atoms with van der Waals surface area (Å²) < 4.78 is 0. The molecule has 1 aromatic rings. The number of nitrogens with zero attached hydrogens (tertiary/aromatic N) is 1. The number of carbonyl (C=O) groups excluding carboxylic acids is 2. The van der Waals surface area contributed by atoms with Gasteiger partial charge in [-0.2, -0.15) is 5.26 Å². The van der Waals surface area contributed by atoms with E-state index in [0.717, 1.165) is 11.1 Å². The molecule has 0 aliphatic carbocycles. The Morgan fingerprint density at radius 2 is 2.05 bits per heavy atom. The van der Waals surface area contributed by atoms with Gasteiger partial charge >= 0.3 is 0 Å². The summed E-state index contributed by atoms with van der Waals surface area (Å²) in [5.74, 6) is -0.456. The maximum Gasteiger partial charge on any atom is 0.244 e. The van der Waals surface area contributed by atoms with Gasteiger partial charge in [0.2, 0.25) is 11.8 Å². The van der Waals surface area contributed by atoms with Gasteiger partial charge in [0.05, 0.1) is 6.07 Å². The maximum atomic E-state index is 11.6. The van der Waals surface area contributed by atoms with Crippen molar-refractivity contribution in [3.05, 3.63) is 41.5 Å². The van der Waals surface area contributed by atoms with Crippen LogP contribution in [0.4, 0.5) is 0 Å². The van der Waals surface area contributed by atoms with Crippen LogP contribution in [0.1, 0.15) is 24.0 Å². The first-order valence-electron chi connectivity index (χ1n) is 6.78. The van der Waals surface area contributed by atoms with Gasteiger partial charge in [0.15, 0.2) is 0 Å². The molecule has 21 heavy (non-hydrogen) atoms. The Labute approximate surface area is 124 Å². The predicted molar refractivity (Wildman–Crippen MR) is 81.1 cm³/mol. The van der Waals surface area contributed by atoms with Crippen LogP contribution in [-0.4, -0.2) is 24.9 Å². The first-order chi connectivity index (χ1) is 10.1. The fraction of sp³-hybridized carbons (Fsp3) is 0.312. The van der Waals surface area contributed by atoms with E-state index in [9.17, 15) is 9.59 Å². The Balaban J connectivity index is 2.20. The van der Waals surface area contributed by atoms with Gasteiger partial charge in [-0.05, 0) is 25.0 Å². The highest BCUT2D eigenvalue weighted by atomic mass is 16.2. The summed E-state index contributed by atoms with van der Waals surface area (Å²) in [6.45, 7) is 2.92. The van der Waals surface area contributed by atoms with Crippen molar-refractivity contribution < 1.29 is 9.59 Å². The molecule has 0 saturated carbocycles. The van der Waals surface area contributed by atoms with Crippen molar-refractivity contribution >= 4 is 17.9 Å². The first kappa shape index (κ1) is 16.4. The van der Waals surface area contributed by atoms with Gasteiger partial charge in [0, 0.05) is 19.2 Å². The molecule has 0 aliphatic heterocycles. The van der Waals surface area contributed by atoms with E-state index in [-0.39, 0.29) is 18.2 Å². The van der Waals surface area contributed by atoms with Gasteiger partial charge in [-0.3, -0.25) is 9.59 Å². The fourth-order valence-electron chi connectivity index (χ4n) is 1.67. The van der Waals surface area contributed by atoms with Crippen LogP contribution in [-0.2, 0) is 9.59 Å². The highest BCUT2D eigenvalue weighted by Crippen LogP contribution is 2.05. The second kappa shape index (κ2) is 9.32. The number of aryl methyl sites for hydroxylation is 1. The van der Waals surface area contributed by atoms with Crippen molar-refractivity contribution in [1.29, 1.82) is 5.26 Å². The van der Waals surface area contributed by atoms with Crippen molar-refractivity contribution in [3.63, 3.8) is 0 Å². The molecule has 2 amide bonds. The van der Waals surface area contributed by atoms with Gasteiger partial charge in [0.25, 0.3) is 0 Å². The molecule has 0 heterocycles. The molecule has 5 nitrogen and oxygen atoms in total. The van der Waals surface area contributed by atoms with Crippen molar-refractivity contribution in [3.8, 4) is 6.07 Å². The molecule has 1 rings (SSSR count). The minimum absolute atomic E-state index is 0.133. The van der Waals surface area contributed by atoms with Crippen molar-refractivity contribution in [2.45, 2.75) is 19.8 Å². The number of hydrogen-bond donors (Lipinski definition) is 2. The van der Waals surface area contributed by atoms with Gasteiger partial charge in [-0.1, -0.05) is 29.8 Å². The van der Waals surface area contributed by atoms with Crippen molar-refractivity contribution in [2.24, 2.45) is 0 Å². The van der Waals surface area contributed by atoms with E-state index in [0.29, 0.717) is 19.5 Å². The molecule has 0 bridgehead atoms. The molecule has 0 aliphatic rings. The lowest BCUT2D eigenvalue weighted by Crippen LogP contribution is -2.28. The topological polar surface area (TPSA) is 82.0 Å². The molecule has 110 valence electrons. The van der Waals surface area contributed by atoms with Crippen LogP contribution in [0, 0.1) is 18.3 Å². The average molecular weight is 285 g/mol. The van der Waals surface area contributed by atoms with E-state index in [1.807, 2.05) is 31.2 Å². The number of nitrogens with one attached hydrogen (secondary N) is 2. The Hall–Kier alpha value is -2.61. The van der Waals surface area contributed by atoms with Crippen LogP contribution >= 0.6 is 0 Å². The van der Waals surface area contributed by atoms with Gasteiger partial charge in [-0.25, -0.2) is 0 Å². The van der Waals surface area contributed by atoms with Crippen LogP contribution < -0.4 is 10.6 Å². The molecule has 0 saturated heterocycles. The molecule has 0 aromatic heterocycles. The number of benzene rings is 1. The Bertz CT molecular complexity index is 559. The lowest BCUT2D eigenvalue weighted by molar-refractivity contribution is -0.120. The summed E-state index contributed by atoms with van der Waals surface area (Å²) in [5, 5.41) is 13.6. The molecule has 0 spiro atoms. The normalized spacial score (nSPS) is 10.1. The molecule has 2 N–H and O–H groups in total. The molecular formula is C16H19N3O2. The molecular weight excluding hydrogens is 266 g/mol. The monoisotopic (exact) mass is 285 g/mol. The fourth-order valence-corrected chi connectivity index (χ4v) is 1.67. The van der Waals surface area contributed by atoms with E-state index in [1.165, 1.54) is 6.08 Å². The van der Waals surface area contributed by atoms with E-state index < -0.39 is 0 Å². The lowest BCUT2D eigenvalue weighted by atomic mass is 10.1. The van der Waals surface area contributed by atoms with Crippen molar-refractivity contribution in [2.75, 3.05) is 13.1 Å². The highest BCUT2D eigenvalue weighted by Gasteiger charge is 1.99. The van der Waals surface area contributed by atoms with Crippen LogP contribution in [0.15, 0.2) is 30.3 Å². The second-order valence-corrected chi connectivity index (χ2v) is 4.58. The number of rotatable bonds is 7. The third-order valence-corrected chi connectivity index (χ3v) is 2.68. The summed E-state index contributed by atoms with van der Waals surface area (Å²) in [7, 11) is 0. The highest BCUT2D eigenvalue weighted by molar-refractivity contribution is 5.91. The quantitative estimate of drug-likeness (QED) is 0.589. The Kier molecular flexibility index (Phi) is 7.30. The summed E-state index contributed by atoms with van der Waals surface area (Å²) in [6, 6.07) is 9.64. The largest absolute Gasteiger partial charge is 0.355 e. The Morgan fingerprint density at radius 3 is 2.76 bits per heavy atom. The predicted octanol–water partition coefficient (Wildman–Crippen LogP) is 1.54. The summed E-state index contributed by atoms with van der Waals surface area (Å²) in [6.07, 6.45) is 3.74. The summed E-state index contributed by atoms with van der Waals surface area (Å²) >= 11 is 0. The molecule has 5 heteroatoms. The molecule has 0 fully saturated rings. The maximum absolute atomic E-state index is 11.6. The third kappa shape index (κ3) is 7.53. The van der Waals surface area contributed by atoms with E-state index in [4.69, 9.17) is 5.26 Å². The minimum atomic E-state index is -0.289. The van der Waals surface area contributed by atoms with Crippen LogP contribution in [0.3, 0.4) is 0 Å². The number of nitriles is 1. The zero-order valence-corrected chi connectivity index (χ0v) is 12.1. The standard InChI is InChI=1S/C16H19N3O2/c1-13-4-2-5-14(12-13)6-7-15(20)18-10-3-11-19-16(21)8-9-17/h2,4-7,12H,3,8,10-11H2,1H3,(H,18,20)(H,19,21)/b7-6+. The van der Waals surface area contributed by atoms with Crippen LogP contribution in [0.5, 0.6) is 0 Å². The van der Waals surface area contributed by atoms with E-state index in [1.54, 1.807) is 12.1 Å². The van der Waals surface area contributed by atoms with E-state index in [2.05, 4.69) is 10.6 Å². The SMILES string of the molecule is Cc1cccc(/C=C/C(=O)NCCCNC(=O)CC#N)c1. The number of hydrogen-bond acceptors (Lipinski definition) is 3. The number of carbonyl (C=O) groups is 2. The molecule has 0 atom stereocenters. The third-order valence-electron chi connectivity index (χ3n) is 2.68. The number of amides is 2. The molecule has 1 aromatic carbocycles. The molecule has 0 radical (unpaired) electrons. The first-order valence-corrected chi connectivity index (χ1v) is 6.78. The average Bonchev–Trinajstić information content (AvgIpc) is 2.45. The van der Waals surface area contributed by atoms with E-state index >= 15 is 0 Å². The smallest absolute Gasteiger partial charge is 0.244 e. The van der Waals surface area contributed by atoms with Gasteiger partial charge < -0.3 is 10.6 Å². The van der Waals surface area contributed by atoms with Gasteiger partial charge in [0.1, 0.15) is 6.42 Å². The second-order valence-electron chi connectivity index (χ2n) is 4.58.